The van der Waals surface area contributed by atoms with Crippen molar-refractivity contribution < 1.29 is 27.7 Å². The van der Waals surface area contributed by atoms with Crippen molar-refractivity contribution in [2.24, 2.45) is 10.2 Å². The van der Waals surface area contributed by atoms with Crippen LogP contribution in [0.3, 0.4) is 0 Å². The number of nitrogens with zero attached hydrogens (tertiary/aromatic N) is 4. The number of H-pyrrole nitrogens is 1. The number of nitrogens with one attached hydrogen (secondary N) is 1. The van der Waals surface area contributed by atoms with E-state index in [4.69, 9.17) is 4.74 Å². The Morgan fingerprint density at radius 3 is 2.40 bits per heavy atom. The predicted molar refractivity (Wildman–Crippen MR) is 124 cm³/mol. The Morgan fingerprint density at radius 2 is 1.77 bits per heavy atom. The molecule has 0 aliphatic carbocycles. The highest BCUT2D eigenvalue weighted by atomic mass is 32.2. The van der Waals surface area contributed by atoms with E-state index in [1.165, 1.54) is 48.5 Å². The van der Waals surface area contributed by atoms with Gasteiger partial charge in [0.1, 0.15) is 16.3 Å². The summed E-state index contributed by atoms with van der Waals surface area (Å²) in [6, 6.07) is 12.4. The van der Waals surface area contributed by atoms with E-state index in [-0.39, 0.29) is 34.9 Å². The summed E-state index contributed by atoms with van der Waals surface area (Å²) in [7, 11) is -4.86. The molecular formula is C21H17N5O8S. The molecular weight excluding hydrogens is 482 g/mol. The van der Waals surface area contributed by atoms with Crippen LogP contribution in [0.15, 0.2) is 74.5 Å². The summed E-state index contributed by atoms with van der Waals surface area (Å²) in [5.74, 6) is -0.711. The lowest BCUT2D eigenvalue weighted by molar-refractivity contribution is -0.384. The van der Waals surface area contributed by atoms with Gasteiger partial charge in [-0.1, -0.05) is 24.3 Å². The van der Waals surface area contributed by atoms with Crippen LogP contribution in [0.25, 0.3) is 16.5 Å². The van der Waals surface area contributed by atoms with Gasteiger partial charge in [-0.3, -0.25) is 24.6 Å². The monoisotopic (exact) mass is 499 g/mol. The van der Waals surface area contributed by atoms with E-state index >= 15 is 0 Å². The molecule has 0 amide bonds. The average molecular weight is 499 g/mol. The standard InChI is InChI=1S/C21H17N5O8S/c1-2-34-20-18(21(28)25(24-20)13-7-9-14(10-8-13)26(29)30)23-22-17-16(27)11-12-5-3-4-6-15(12)19(17)35(31,32)33/h3-11,24,27H,2H2,1H3,(H,31,32,33). The third-order valence-electron chi connectivity index (χ3n) is 4.90. The van der Waals surface area contributed by atoms with E-state index in [2.05, 4.69) is 15.3 Å². The van der Waals surface area contributed by atoms with Crippen molar-refractivity contribution in [3.05, 3.63) is 75.1 Å². The van der Waals surface area contributed by atoms with Gasteiger partial charge >= 0.3 is 5.56 Å². The van der Waals surface area contributed by atoms with Gasteiger partial charge in [-0.25, -0.2) is 4.68 Å². The smallest absolute Gasteiger partial charge is 0.303 e. The van der Waals surface area contributed by atoms with Crippen LogP contribution in [-0.4, -0.2) is 39.4 Å². The second-order valence-corrected chi connectivity index (χ2v) is 8.46. The van der Waals surface area contributed by atoms with Gasteiger partial charge in [0.2, 0.25) is 11.6 Å². The van der Waals surface area contributed by atoms with Gasteiger partial charge < -0.3 is 9.84 Å². The zero-order valence-electron chi connectivity index (χ0n) is 17.9. The fourth-order valence-electron chi connectivity index (χ4n) is 3.39. The van der Waals surface area contributed by atoms with E-state index in [9.17, 15) is 33.0 Å². The minimum absolute atomic E-state index is 0.0872. The molecule has 0 atom stereocenters. The molecule has 0 saturated heterocycles. The number of rotatable bonds is 7. The molecule has 4 aromatic rings. The molecule has 0 saturated carbocycles. The van der Waals surface area contributed by atoms with E-state index in [0.717, 1.165) is 4.68 Å². The molecule has 0 aliphatic rings. The van der Waals surface area contributed by atoms with Crippen molar-refractivity contribution in [2.45, 2.75) is 11.8 Å². The van der Waals surface area contributed by atoms with Crippen molar-refractivity contribution in [1.29, 1.82) is 0 Å². The van der Waals surface area contributed by atoms with Crippen molar-refractivity contribution in [3.63, 3.8) is 0 Å². The number of fused-ring (bicyclic) bond motifs is 1. The summed E-state index contributed by atoms with van der Waals surface area (Å²) in [6.45, 7) is 1.77. The van der Waals surface area contributed by atoms with Crippen LogP contribution in [0.2, 0.25) is 0 Å². The lowest BCUT2D eigenvalue weighted by Crippen LogP contribution is -2.13. The summed E-state index contributed by atoms with van der Waals surface area (Å²) in [5, 5.41) is 32.0. The Labute approximate surface area is 196 Å². The van der Waals surface area contributed by atoms with Gasteiger partial charge in [0, 0.05) is 17.5 Å². The predicted octanol–water partition coefficient (Wildman–Crippen LogP) is 3.99. The number of aromatic hydroxyl groups is 1. The van der Waals surface area contributed by atoms with Gasteiger partial charge in [0.05, 0.1) is 17.2 Å². The summed E-state index contributed by atoms with van der Waals surface area (Å²) < 4.78 is 40.5. The van der Waals surface area contributed by atoms with E-state index in [0.29, 0.717) is 5.39 Å². The van der Waals surface area contributed by atoms with Crippen molar-refractivity contribution in [2.75, 3.05) is 6.61 Å². The van der Waals surface area contributed by atoms with Crippen LogP contribution < -0.4 is 10.3 Å². The molecule has 3 aromatic carbocycles. The summed E-state index contributed by atoms with van der Waals surface area (Å²) >= 11 is 0. The van der Waals surface area contributed by atoms with E-state index in [1.54, 1.807) is 13.0 Å². The molecule has 0 bridgehead atoms. The van der Waals surface area contributed by atoms with Crippen molar-refractivity contribution >= 4 is 38.0 Å². The molecule has 0 radical (unpaired) electrons. The minimum Gasteiger partial charge on any atom is -0.506 e. The average Bonchev–Trinajstić information content (AvgIpc) is 3.12. The van der Waals surface area contributed by atoms with Gasteiger partial charge in [0.15, 0.2) is 0 Å². The van der Waals surface area contributed by atoms with Crippen LogP contribution in [0.5, 0.6) is 11.6 Å². The maximum Gasteiger partial charge on any atom is 0.303 e. The Balaban J connectivity index is 1.87. The third kappa shape index (κ3) is 4.47. The Kier molecular flexibility index (Phi) is 6.07. The number of hydrogen-bond acceptors (Lipinski definition) is 9. The second kappa shape index (κ2) is 9.00. The second-order valence-electron chi connectivity index (χ2n) is 7.11. The van der Waals surface area contributed by atoms with Gasteiger partial charge in [-0.15, -0.1) is 10.2 Å². The molecule has 0 fully saturated rings. The van der Waals surface area contributed by atoms with Gasteiger partial charge in [-0.2, -0.15) is 8.42 Å². The van der Waals surface area contributed by atoms with E-state index in [1.807, 2.05) is 0 Å². The Morgan fingerprint density at radius 1 is 1.11 bits per heavy atom. The number of phenolic OH excluding ortho intramolecular Hbond substituents is 1. The number of aromatic amines is 1. The first kappa shape index (κ1) is 23.6. The molecule has 180 valence electrons. The molecule has 0 spiro atoms. The largest absolute Gasteiger partial charge is 0.506 e. The molecule has 0 unspecified atom stereocenters. The number of azo groups is 1. The van der Waals surface area contributed by atoms with Crippen molar-refractivity contribution in [1.82, 2.24) is 9.78 Å². The van der Waals surface area contributed by atoms with Crippen LogP contribution >= 0.6 is 0 Å². The maximum atomic E-state index is 13.0. The number of non-ortho nitro benzene ring substituents is 1. The molecule has 0 aliphatic heterocycles. The van der Waals surface area contributed by atoms with Crippen LogP contribution in [-0.2, 0) is 10.1 Å². The molecule has 35 heavy (non-hydrogen) atoms. The number of benzene rings is 3. The summed E-state index contributed by atoms with van der Waals surface area (Å²) in [4.78, 5) is 22.6. The number of aromatic nitrogens is 2. The van der Waals surface area contributed by atoms with Crippen LogP contribution in [0, 0.1) is 10.1 Å². The number of hydrogen-bond donors (Lipinski definition) is 3. The number of phenols is 1. The summed E-state index contributed by atoms with van der Waals surface area (Å²) in [5.41, 5.74) is -1.65. The fraction of sp³-hybridized carbons (Fsp3) is 0.0952. The number of ether oxygens (including phenoxy) is 1. The molecule has 3 N–H and O–H groups in total. The SMILES string of the molecule is CCOc1[nH]n(-c2ccc([N+](=O)[O-])cc2)c(=O)c1N=Nc1c(O)cc2ccccc2c1S(=O)(=O)O. The molecule has 1 aromatic heterocycles. The van der Waals surface area contributed by atoms with Crippen molar-refractivity contribution in [3.8, 4) is 17.3 Å². The quantitative estimate of drug-likeness (QED) is 0.147. The highest BCUT2D eigenvalue weighted by molar-refractivity contribution is 7.86. The molecule has 4 rings (SSSR count). The highest BCUT2D eigenvalue weighted by Gasteiger charge is 2.24. The normalized spacial score (nSPS) is 11.8. The first-order valence-corrected chi connectivity index (χ1v) is 11.4. The highest BCUT2D eigenvalue weighted by Crippen LogP contribution is 2.41. The first-order chi connectivity index (χ1) is 16.6. The third-order valence-corrected chi connectivity index (χ3v) is 5.83. The molecule has 14 heteroatoms. The van der Waals surface area contributed by atoms with Gasteiger partial charge in [-0.05, 0) is 30.5 Å². The minimum atomic E-state index is -4.86. The lowest BCUT2D eigenvalue weighted by atomic mass is 10.1. The number of nitro benzene ring substituents is 1. The zero-order chi connectivity index (χ0) is 25.3. The fourth-order valence-corrected chi connectivity index (χ4v) is 4.25. The Bertz CT molecular complexity index is 1640. The first-order valence-electron chi connectivity index (χ1n) is 9.98. The summed E-state index contributed by atoms with van der Waals surface area (Å²) in [6.07, 6.45) is 0. The topological polar surface area (TPSA) is 189 Å². The molecule has 1 heterocycles. The van der Waals surface area contributed by atoms with Crippen LogP contribution in [0.4, 0.5) is 17.1 Å². The van der Waals surface area contributed by atoms with Crippen LogP contribution in [0.1, 0.15) is 6.92 Å². The lowest BCUT2D eigenvalue weighted by Gasteiger charge is -2.08. The van der Waals surface area contributed by atoms with E-state index < -0.39 is 36.9 Å². The number of nitro groups is 1. The molecule has 13 nitrogen and oxygen atoms in total. The Hall–Kier alpha value is -4.56. The van der Waals surface area contributed by atoms with Gasteiger partial charge in [0.25, 0.3) is 15.8 Å². The zero-order valence-corrected chi connectivity index (χ0v) is 18.8. The maximum absolute atomic E-state index is 13.0.